The number of hydrogen-bond donors (Lipinski definition) is 2. The number of aryl methyl sites for hydroxylation is 1. The fourth-order valence-corrected chi connectivity index (χ4v) is 4.59. The fraction of sp³-hybridized carbons (Fsp3) is 0.364. The Morgan fingerprint density at radius 2 is 1.83 bits per heavy atom. The first kappa shape index (κ1) is 21.0. The number of carbonyl (C=O) groups is 1. The number of nitrogens with one attached hydrogen (secondary N) is 2. The van der Waals surface area contributed by atoms with Crippen molar-refractivity contribution in [3.63, 3.8) is 0 Å². The van der Waals surface area contributed by atoms with E-state index in [-0.39, 0.29) is 22.6 Å². The maximum absolute atomic E-state index is 12.9. The van der Waals surface area contributed by atoms with Crippen molar-refractivity contribution in [1.82, 2.24) is 10.0 Å². The Morgan fingerprint density at radius 1 is 1.14 bits per heavy atom. The number of nitrogens with zero attached hydrogens (tertiary/aromatic N) is 1. The van der Waals surface area contributed by atoms with Crippen LogP contribution in [0.15, 0.2) is 58.4 Å². The van der Waals surface area contributed by atoms with E-state index in [1.54, 1.807) is 24.3 Å². The van der Waals surface area contributed by atoms with Crippen LogP contribution >= 0.6 is 0 Å². The van der Waals surface area contributed by atoms with E-state index in [0.717, 1.165) is 12.8 Å². The first-order chi connectivity index (χ1) is 13.8. The summed E-state index contributed by atoms with van der Waals surface area (Å²) < 4.78 is 27.1. The Balaban J connectivity index is 1.77. The van der Waals surface area contributed by atoms with Crippen LogP contribution in [0.2, 0.25) is 0 Å². The van der Waals surface area contributed by atoms with Gasteiger partial charge in [-0.1, -0.05) is 56.7 Å². The third kappa shape index (κ3) is 4.67. The molecule has 0 aliphatic carbocycles. The van der Waals surface area contributed by atoms with Gasteiger partial charge in [-0.25, -0.2) is 8.42 Å². The van der Waals surface area contributed by atoms with Crippen molar-refractivity contribution >= 4 is 21.8 Å². The molecule has 0 bridgehead atoms. The molecular formula is C22H27N3O3S. The molecule has 0 aromatic heterocycles. The van der Waals surface area contributed by atoms with E-state index >= 15 is 0 Å². The second-order valence-electron chi connectivity index (χ2n) is 7.38. The smallest absolute Gasteiger partial charge is 0.263 e. The minimum Gasteiger partial charge on any atom is -0.354 e. The molecule has 2 N–H and O–H groups in total. The van der Waals surface area contributed by atoms with E-state index in [2.05, 4.69) is 34.1 Å². The lowest BCUT2D eigenvalue weighted by atomic mass is 9.98. The molecule has 1 amide bonds. The second kappa shape index (κ2) is 8.78. The quantitative estimate of drug-likeness (QED) is 0.732. The van der Waals surface area contributed by atoms with Gasteiger partial charge in [-0.2, -0.15) is 0 Å². The number of carbonyl (C=O) groups excluding carboxylic acids is 1. The largest absolute Gasteiger partial charge is 0.354 e. The van der Waals surface area contributed by atoms with Crippen molar-refractivity contribution in [3.05, 3.63) is 65.2 Å². The molecule has 0 spiro atoms. The minimum atomic E-state index is -3.63. The Kier molecular flexibility index (Phi) is 6.37. The molecule has 0 radical (unpaired) electrons. The number of amidine groups is 1. The standard InChI is InChI=1S/C22H27N3O3S/c1-4-15(2)20(22(26)23-14-13-17-10-6-5-9-16(17)3)24-21-18-11-7-8-12-19(18)29(27,28)25-21/h5-12,15,20H,4,13-14H2,1-3H3,(H,23,26)(H,24,25)/t15-,20-/m0/s1. The van der Waals surface area contributed by atoms with Crippen LogP contribution in [0.1, 0.15) is 37.0 Å². The minimum absolute atomic E-state index is 0.0294. The van der Waals surface area contributed by atoms with E-state index in [1.807, 2.05) is 26.0 Å². The van der Waals surface area contributed by atoms with E-state index in [1.165, 1.54) is 11.1 Å². The summed E-state index contributed by atoms with van der Waals surface area (Å²) in [6, 6.07) is 14.1. The molecule has 7 heteroatoms. The van der Waals surface area contributed by atoms with Gasteiger partial charge in [0.1, 0.15) is 11.9 Å². The molecule has 1 aliphatic rings. The highest BCUT2D eigenvalue weighted by atomic mass is 32.2. The number of hydrogen-bond acceptors (Lipinski definition) is 4. The zero-order valence-corrected chi connectivity index (χ0v) is 17.8. The van der Waals surface area contributed by atoms with Crippen LogP contribution in [0.4, 0.5) is 0 Å². The molecule has 0 saturated carbocycles. The van der Waals surface area contributed by atoms with Crippen LogP contribution in [0, 0.1) is 12.8 Å². The molecular weight excluding hydrogens is 386 g/mol. The summed E-state index contributed by atoms with van der Waals surface area (Å²) in [5, 5.41) is 2.97. The van der Waals surface area contributed by atoms with Gasteiger partial charge < -0.3 is 5.32 Å². The molecule has 0 fully saturated rings. The van der Waals surface area contributed by atoms with Gasteiger partial charge in [0.15, 0.2) is 0 Å². The maximum atomic E-state index is 12.9. The van der Waals surface area contributed by atoms with Crippen LogP contribution in [-0.4, -0.2) is 32.7 Å². The highest BCUT2D eigenvalue weighted by molar-refractivity contribution is 7.90. The third-order valence-electron chi connectivity index (χ3n) is 5.34. The van der Waals surface area contributed by atoms with Crippen molar-refractivity contribution in [2.75, 3.05) is 6.54 Å². The second-order valence-corrected chi connectivity index (χ2v) is 9.03. The van der Waals surface area contributed by atoms with Gasteiger partial charge in [-0.3, -0.25) is 14.5 Å². The summed E-state index contributed by atoms with van der Waals surface area (Å²) in [5.41, 5.74) is 2.89. The molecule has 0 unspecified atom stereocenters. The Morgan fingerprint density at radius 3 is 2.55 bits per heavy atom. The highest BCUT2D eigenvalue weighted by Crippen LogP contribution is 2.24. The summed E-state index contributed by atoms with van der Waals surface area (Å²) in [7, 11) is -3.63. The average molecular weight is 414 g/mol. The lowest BCUT2D eigenvalue weighted by Gasteiger charge is -2.19. The van der Waals surface area contributed by atoms with Crippen molar-refractivity contribution in [2.24, 2.45) is 10.9 Å². The zero-order chi connectivity index (χ0) is 21.0. The molecule has 2 atom stereocenters. The van der Waals surface area contributed by atoms with Crippen LogP contribution in [0.25, 0.3) is 0 Å². The molecule has 2 aromatic rings. The number of fused-ring (bicyclic) bond motifs is 1. The SMILES string of the molecule is CC[C@H](C)[C@H](N=C1NS(=O)(=O)c2ccccc21)C(=O)NCCc1ccccc1C. The first-order valence-electron chi connectivity index (χ1n) is 9.85. The van der Waals surface area contributed by atoms with E-state index < -0.39 is 16.1 Å². The van der Waals surface area contributed by atoms with Gasteiger partial charge in [0, 0.05) is 12.1 Å². The molecule has 6 nitrogen and oxygen atoms in total. The number of benzene rings is 2. The van der Waals surface area contributed by atoms with Crippen molar-refractivity contribution in [1.29, 1.82) is 0 Å². The van der Waals surface area contributed by atoms with Gasteiger partial charge in [-0.15, -0.1) is 0 Å². The van der Waals surface area contributed by atoms with Crippen molar-refractivity contribution in [3.8, 4) is 0 Å². The molecule has 29 heavy (non-hydrogen) atoms. The summed E-state index contributed by atoms with van der Waals surface area (Å²) >= 11 is 0. The Hall–Kier alpha value is -2.67. The van der Waals surface area contributed by atoms with Gasteiger partial charge in [0.05, 0.1) is 4.90 Å². The number of aliphatic imine (C=N–C) groups is 1. The van der Waals surface area contributed by atoms with Gasteiger partial charge in [0.2, 0.25) is 5.91 Å². The van der Waals surface area contributed by atoms with Gasteiger partial charge >= 0.3 is 0 Å². The van der Waals surface area contributed by atoms with E-state index in [0.29, 0.717) is 12.1 Å². The van der Waals surface area contributed by atoms with Crippen LogP contribution < -0.4 is 10.0 Å². The van der Waals surface area contributed by atoms with Gasteiger partial charge in [0.25, 0.3) is 10.0 Å². The molecule has 1 aliphatic heterocycles. The number of sulfonamides is 1. The number of amides is 1. The monoisotopic (exact) mass is 413 g/mol. The Labute approximate surface area is 172 Å². The Bertz CT molecular complexity index is 1030. The van der Waals surface area contributed by atoms with Gasteiger partial charge in [-0.05, 0) is 42.5 Å². The molecule has 1 heterocycles. The zero-order valence-electron chi connectivity index (χ0n) is 17.0. The molecule has 3 rings (SSSR count). The third-order valence-corrected chi connectivity index (χ3v) is 6.73. The fourth-order valence-electron chi connectivity index (χ4n) is 3.35. The van der Waals surface area contributed by atoms with Crippen molar-refractivity contribution in [2.45, 2.75) is 44.6 Å². The normalized spacial score (nSPS) is 18.0. The topological polar surface area (TPSA) is 87.6 Å². The molecule has 0 saturated heterocycles. The van der Waals surface area contributed by atoms with Crippen LogP contribution in [0.3, 0.4) is 0 Å². The maximum Gasteiger partial charge on any atom is 0.263 e. The summed E-state index contributed by atoms with van der Waals surface area (Å²) in [4.78, 5) is 17.6. The van der Waals surface area contributed by atoms with Crippen molar-refractivity contribution < 1.29 is 13.2 Å². The summed E-state index contributed by atoms with van der Waals surface area (Å²) in [6.07, 6.45) is 1.48. The lowest BCUT2D eigenvalue weighted by molar-refractivity contribution is -0.123. The average Bonchev–Trinajstić information content (AvgIpc) is 2.97. The van der Waals surface area contributed by atoms with Crippen LogP contribution in [-0.2, 0) is 21.2 Å². The first-order valence-corrected chi connectivity index (χ1v) is 11.3. The lowest BCUT2D eigenvalue weighted by Crippen LogP contribution is -2.40. The molecule has 2 aromatic carbocycles. The van der Waals surface area contributed by atoms with E-state index in [9.17, 15) is 13.2 Å². The highest BCUT2D eigenvalue weighted by Gasteiger charge is 2.33. The van der Waals surface area contributed by atoms with Crippen LogP contribution in [0.5, 0.6) is 0 Å². The predicted octanol–water partition coefficient (Wildman–Crippen LogP) is 2.81. The summed E-state index contributed by atoms with van der Waals surface area (Å²) in [6.45, 7) is 6.49. The number of rotatable bonds is 7. The summed E-state index contributed by atoms with van der Waals surface area (Å²) in [5.74, 6) is 0.0159. The molecule has 154 valence electrons. The predicted molar refractivity (Wildman–Crippen MR) is 114 cm³/mol. The van der Waals surface area contributed by atoms with E-state index in [4.69, 9.17) is 0 Å².